The number of nitrogens with one attached hydrogen (secondary N) is 1. The van der Waals surface area contributed by atoms with Crippen LogP contribution in [-0.4, -0.2) is 18.2 Å². The van der Waals surface area contributed by atoms with Gasteiger partial charge in [-0.2, -0.15) is 0 Å². The molecule has 1 aromatic carbocycles. The summed E-state index contributed by atoms with van der Waals surface area (Å²) in [5.41, 5.74) is 2.96. The van der Waals surface area contributed by atoms with E-state index >= 15 is 0 Å². The number of nitrogens with zero attached hydrogens (tertiary/aromatic N) is 1. The quantitative estimate of drug-likeness (QED) is 0.845. The summed E-state index contributed by atoms with van der Waals surface area (Å²) in [6.45, 7) is 0.600. The normalized spacial score (nSPS) is 18.0. The molecule has 0 saturated carbocycles. The lowest BCUT2D eigenvalue weighted by Gasteiger charge is -2.19. The Balaban J connectivity index is 1.93. The maximum atomic E-state index is 12.1. The molecule has 1 aliphatic heterocycles. The van der Waals surface area contributed by atoms with Crippen LogP contribution < -0.4 is 4.90 Å². The Morgan fingerprint density at radius 1 is 1.28 bits per heavy atom. The standard InChI is InChI=1S/C15H14N2O/c16-14-12-8-4-5-9-13(12)17(15(14)18)10-11-6-2-1-3-7-11/h1-2,4-6,8-9,16H,3,7,10H2. The van der Waals surface area contributed by atoms with Crippen molar-refractivity contribution in [2.24, 2.45) is 0 Å². The lowest BCUT2D eigenvalue weighted by atomic mass is 10.0. The Hall–Kier alpha value is -2.16. The lowest BCUT2D eigenvalue weighted by molar-refractivity contribution is -0.112. The SMILES string of the molecule is N=C1C(=O)N(CC2=CC=CCC2)c2ccccc21. The lowest BCUT2D eigenvalue weighted by Crippen LogP contribution is -2.31. The van der Waals surface area contributed by atoms with Crippen LogP contribution in [0.2, 0.25) is 0 Å². The number of fused-ring (bicyclic) bond motifs is 1. The van der Waals surface area contributed by atoms with Crippen molar-refractivity contribution in [3.8, 4) is 0 Å². The molecule has 1 amide bonds. The molecule has 1 aromatic rings. The van der Waals surface area contributed by atoms with E-state index in [2.05, 4.69) is 12.2 Å². The van der Waals surface area contributed by atoms with Crippen LogP contribution >= 0.6 is 0 Å². The Kier molecular flexibility index (Phi) is 2.59. The summed E-state index contributed by atoms with van der Waals surface area (Å²) in [5, 5.41) is 7.86. The van der Waals surface area contributed by atoms with Crippen molar-refractivity contribution in [3.05, 3.63) is 53.6 Å². The van der Waals surface area contributed by atoms with Crippen molar-refractivity contribution in [1.82, 2.24) is 0 Å². The Morgan fingerprint density at radius 3 is 2.89 bits per heavy atom. The minimum Gasteiger partial charge on any atom is -0.302 e. The molecule has 0 radical (unpaired) electrons. The summed E-state index contributed by atoms with van der Waals surface area (Å²) in [6.07, 6.45) is 8.27. The fourth-order valence-electron chi connectivity index (χ4n) is 2.42. The van der Waals surface area contributed by atoms with Crippen LogP contribution in [-0.2, 0) is 4.79 Å². The molecular formula is C15H14N2O. The van der Waals surface area contributed by atoms with Gasteiger partial charge in [0.15, 0.2) is 0 Å². The molecule has 1 aliphatic carbocycles. The third-order valence-electron chi connectivity index (χ3n) is 3.38. The molecule has 0 saturated heterocycles. The van der Waals surface area contributed by atoms with Crippen molar-refractivity contribution in [2.75, 3.05) is 11.4 Å². The maximum absolute atomic E-state index is 12.1. The zero-order valence-electron chi connectivity index (χ0n) is 10.0. The molecule has 18 heavy (non-hydrogen) atoms. The van der Waals surface area contributed by atoms with Gasteiger partial charge >= 0.3 is 0 Å². The van der Waals surface area contributed by atoms with Crippen LogP contribution in [0.4, 0.5) is 5.69 Å². The van der Waals surface area contributed by atoms with Crippen molar-refractivity contribution < 1.29 is 4.79 Å². The Morgan fingerprint density at radius 2 is 2.11 bits per heavy atom. The first-order valence-corrected chi connectivity index (χ1v) is 6.12. The first kappa shape index (κ1) is 11.0. The molecule has 1 N–H and O–H groups in total. The van der Waals surface area contributed by atoms with Crippen molar-refractivity contribution in [3.63, 3.8) is 0 Å². The highest BCUT2D eigenvalue weighted by Crippen LogP contribution is 2.29. The highest BCUT2D eigenvalue weighted by Gasteiger charge is 2.32. The molecule has 0 fully saturated rings. The largest absolute Gasteiger partial charge is 0.302 e. The molecule has 2 aliphatic rings. The summed E-state index contributed by atoms with van der Waals surface area (Å²) in [5.74, 6) is -0.188. The number of rotatable bonds is 2. The van der Waals surface area contributed by atoms with Gasteiger partial charge < -0.3 is 4.90 Å². The number of anilines is 1. The van der Waals surface area contributed by atoms with E-state index in [4.69, 9.17) is 5.41 Å². The predicted octanol–water partition coefficient (Wildman–Crippen LogP) is 2.68. The van der Waals surface area contributed by atoms with E-state index < -0.39 is 0 Å². The summed E-state index contributed by atoms with van der Waals surface area (Å²) >= 11 is 0. The van der Waals surface area contributed by atoms with Gasteiger partial charge in [0.25, 0.3) is 5.91 Å². The Bertz CT molecular complexity index is 584. The van der Waals surface area contributed by atoms with Gasteiger partial charge in [0.1, 0.15) is 5.71 Å². The number of hydrogen-bond donors (Lipinski definition) is 1. The number of carbonyl (C=O) groups excluding carboxylic acids is 1. The average molecular weight is 238 g/mol. The van der Waals surface area contributed by atoms with E-state index in [1.807, 2.05) is 30.3 Å². The van der Waals surface area contributed by atoms with Crippen molar-refractivity contribution in [1.29, 1.82) is 5.41 Å². The van der Waals surface area contributed by atoms with Gasteiger partial charge in [-0.3, -0.25) is 10.2 Å². The van der Waals surface area contributed by atoms with Gasteiger partial charge in [-0.15, -0.1) is 0 Å². The molecular weight excluding hydrogens is 224 g/mol. The predicted molar refractivity (Wildman–Crippen MR) is 72.1 cm³/mol. The maximum Gasteiger partial charge on any atom is 0.277 e. The number of carbonyl (C=O) groups is 1. The second kappa shape index (κ2) is 4.26. The zero-order chi connectivity index (χ0) is 12.5. The average Bonchev–Trinajstić information content (AvgIpc) is 2.66. The number of amides is 1. The van der Waals surface area contributed by atoms with Crippen LogP contribution in [0.3, 0.4) is 0 Å². The third kappa shape index (κ3) is 1.68. The molecule has 1 heterocycles. The minimum absolute atomic E-state index is 0.109. The molecule has 0 aromatic heterocycles. The van der Waals surface area contributed by atoms with Crippen LogP contribution in [0.1, 0.15) is 18.4 Å². The summed E-state index contributed by atoms with van der Waals surface area (Å²) in [6, 6.07) is 7.53. The van der Waals surface area contributed by atoms with E-state index in [-0.39, 0.29) is 11.6 Å². The minimum atomic E-state index is -0.188. The first-order chi connectivity index (χ1) is 8.77. The fraction of sp³-hybridized carbons (Fsp3) is 0.200. The molecule has 3 heteroatoms. The second-order valence-electron chi connectivity index (χ2n) is 4.58. The number of benzene rings is 1. The molecule has 0 unspecified atom stereocenters. The van der Waals surface area contributed by atoms with Crippen LogP contribution in [0.5, 0.6) is 0 Å². The van der Waals surface area contributed by atoms with E-state index in [1.54, 1.807) is 4.90 Å². The summed E-state index contributed by atoms with van der Waals surface area (Å²) in [7, 11) is 0. The van der Waals surface area contributed by atoms with Gasteiger partial charge in [-0.25, -0.2) is 0 Å². The molecule has 0 spiro atoms. The second-order valence-corrected chi connectivity index (χ2v) is 4.58. The highest BCUT2D eigenvalue weighted by atomic mass is 16.2. The Labute approximate surface area is 106 Å². The van der Waals surface area contributed by atoms with E-state index in [9.17, 15) is 4.79 Å². The smallest absolute Gasteiger partial charge is 0.277 e. The van der Waals surface area contributed by atoms with Crippen molar-refractivity contribution >= 4 is 17.3 Å². The van der Waals surface area contributed by atoms with E-state index in [0.29, 0.717) is 6.54 Å². The number of hydrogen-bond acceptors (Lipinski definition) is 2. The van der Waals surface area contributed by atoms with Crippen LogP contribution in [0.25, 0.3) is 0 Å². The summed E-state index contributed by atoms with van der Waals surface area (Å²) in [4.78, 5) is 13.8. The topological polar surface area (TPSA) is 44.2 Å². The fourth-order valence-corrected chi connectivity index (χ4v) is 2.42. The summed E-state index contributed by atoms with van der Waals surface area (Å²) < 4.78 is 0. The van der Waals surface area contributed by atoms with Gasteiger partial charge in [0.05, 0.1) is 5.69 Å². The van der Waals surface area contributed by atoms with Crippen molar-refractivity contribution in [2.45, 2.75) is 12.8 Å². The molecule has 3 nitrogen and oxygen atoms in total. The molecule has 0 atom stereocenters. The monoisotopic (exact) mass is 238 g/mol. The van der Waals surface area contributed by atoms with Gasteiger partial charge in [0, 0.05) is 12.1 Å². The van der Waals surface area contributed by atoms with Crippen LogP contribution in [0.15, 0.2) is 48.1 Å². The zero-order valence-corrected chi connectivity index (χ0v) is 10.0. The number of allylic oxidation sites excluding steroid dienone is 3. The van der Waals surface area contributed by atoms with E-state index in [1.165, 1.54) is 5.57 Å². The number of para-hydroxylation sites is 1. The van der Waals surface area contributed by atoms with Gasteiger partial charge in [-0.1, -0.05) is 42.0 Å². The molecule has 3 rings (SSSR count). The highest BCUT2D eigenvalue weighted by molar-refractivity contribution is 6.53. The van der Waals surface area contributed by atoms with Crippen LogP contribution in [0, 0.1) is 5.41 Å². The van der Waals surface area contributed by atoms with Gasteiger partial charge in [0.2, 0.25) is 0 Å². The molecule has 90 valence electrons. The first-order valence-electron chi connectivity index (χ1n) is 6.12. The third-order valence-corrected chi connectivity index (χ3v) is 3.38. The van der Waals surface area contributed by atoms with Gasteiger partial charge in [-0.05, 0) is 18.9 Å². The molecule has 0 bridgehead atoms. The van der Waals surface area contributed by atoms with E-state index in [0.717, 1.165) is 24.1 Å².